The van der Waals surface area contributed by atoms with Crippen LogP contribution >= 0.6 is 0 Å². The molecule has 0 fully saturated rings. The highest BCUT2D eigenvalue weighted by Crippen LogP contribution is 2.34. The van der Waals surface area contributed by atoms with E-state index in [0.717, 1.165) is 12.1 Å². The molecule has 0 amide bonds. The third kappa shape index (κ3) is 0.932. The lowest BCUT2D eigenvalue weighted by Crippen LogP contribution is -1.96. The predicted molar refractivity (Wildman–Crippen MR) is 39.6 cm³/mol. The van der Waals surface area contributed by atoms with E-state index in [1.807, 2.05) is 0 Å². The first-order chi connectivity index (χ1) is 5.70. The summed E-state index contributed by atoms with van der Waals surface area (Å²) in [6.07, 6.45) is 0.0310. The van der Waals surface area contributed by atoms with E-state index in [-0.39, 0.29) is 5.56 Å². The van der Waals surface area contributed by atoms with Crippen LogP contribution in [0.4, 0.5) is 8.78 Å². The molecule has 1 nitrogen and oxygen atoms in total. The Hall–Kier alpha value is -0.960. The molecule has 0 saturated heterocycles. The Morgan fingerprint density at radius 3 is 2.58 bits per heavy atom. The van der Waals surface area contributed by atoms with Crippen LogP contribution in [0.25, 0.3) is 0 Å². The van der Waals surface area contributed by atoms with Crippen LogP contribution in [-0.4, -0.2) is 5.11 Å². The van der Waals surface area contributed by atoms with E-state index in [4.69, 9.17) is 0 Å². The highest BCUT2D eigenvalue weighted by atomic mass is 19.1. The van der Waals surface area contributed by atoms with Crippen molar-refractivity contribution in [2.45, 2.75) is 18.9 Å². The molecule has 1 aromatic rings. The van der Waals surface area contributed by atoms with E-state index in [1.165, 1.54) is 0 Å². The lowest BCUT2D eigenvalue weighted by atomic mass is 10.1. The fraction of sp³-hybridized carbons (Fsp3) is 0.333. The summed E-state index contributed by atoms with van der Waals surface area (Å²) in [6, 6.07) is 2.16. The molecule has 0 aliphatic heterocycles. The summed E-state index contributed by atoms with van der Waals surface area (Å²) in [6.45, 7) is 0. The van der Waals surface area contributed by atoms with Gasteiger partial charge in [-0.15, -0.1) is 0 Å². The molecule has 0 unspecified atom stereocenters. The van der Waals surface area contributed by atoms with Gasteiger partial charge in [0, 0.05) is 5.56 Å². The summed E-state index contributed by atoms with van der Waals surface area (Å²) >= 11 is 0. The highest BCUT2D eigenvalue weighted by Gasteiger charge is 2.26. The Labute approximate surface area is 68.6 Å². The molecule has 0 bridgehead atoms. The second kappa shape index (κ2) is 2.52. The van der Waals surface area contributed by atoms with E-state index >= 15 is 0 Å². The lowest BCUT2D eigenvalue weighted by molar-refractivity contribution is 0.176. The SMILES string of the molecule is O[C@H]1CCc2c(F)ccc(F)c21. The van der Waals surface area contributed by atoms with Gasteiger partial charge in [-0.1, -0.05) is 0 Å². The van der Waals surface area contributed by atoms with Gasteiger partial charge in [-0.3, -0.25) is 0 Å². The zero-order valence-corrected chi connectivity index (χ0v) is 6.35. The van der Waals surface area contributed by atoms with Crippen LogP contribution in [-0.2, 0) is 6.42 Å². The Morgan fingerprint density at radius 1 is 1.25 bits per heavy atom. The summed E-state index contributed by atoms with van der Waals surface area (Å²) in [5, 5.41) is 9.28. The summed E-state index contributed by atoms with van der Waals surface area (Å²) < 4.78 is 26.0. The third-order valence-corrected chi connectivity index (χ3v) is 2.25. The average molecular weight is 170 g/mol. The largest absolute Gasteiger partial charge is 0.388 e. The number of aliphatic hydroxyl groups excluding tert-OH is 1. The summed E-state index contributed by atoms with van der Waals surface area (Å²) in [5.74, 6) is -0.917. The first kappa shape index (κ1) is 7.68. The molecule has 0 saturated carbocycles. The van der Waals surface area contributed by atoms with E-state index in [1.54, 1.807) is 0 Å². The molecule has 3 heteroatoms. The van der Waals surface area contributed by atoms with Crippen molar-refractivity contribution in [1.29, 1.82) is 0 Å². The van der Waals surface area contributed by atoms with Crippen molar-refractivity contribution in [3.63, 3.8) is 0 Å². The fourth-order valence-corrected chi connectivity index (χ4v) is 1.65. The van der Waals surface area contributed by atoms with Gasteiger partial charge in [-0.05, 0) is 30.5 Å². The Kier molecular flexibility index (Phi) is 1.61. The molecule has 1 aliphatic carbocycles. The van der Waals surface area contributed by atoms with E-state index in [9.17, 15) is 13.9 Å². The second-order valence-electron chi connectivity index (χ2n) is 2.98. The molecule has 12 heavy (non-hydrogen) atoms. The Morgan fingerprint density at radius 2 is 1.92 bits per heavy atom. The molecule has 0 aromatic heterocycles. The van der Waals surface area contributed by atoms with Crippen molar-refractivity contribution in [2.24, 2.45) is 0 Å². The average Bonchev–Trinajstić information content (AvgIpc) is 2.42. The second-order valence-corrected chi connectivity index (χ2v) is 2.98. The van der Waals surface area contributed by atoms with Crippen molar-refractivity contribution in [1.82, 2.24) is 0 Å². The van der Waals surface area contributed by atoms with Crippen LogP contribution in [0.1, 0.15) is 23.7 Å². The van der Waals surface area contributed by atoms with Crippen LogP contribution < -0.4 is 0 Å². The van der Waals surface area contributed by atoms with Gasteiger partial charge in [-0.25, -0.2) is 8.78 Å². The normalized spacial score (nSPS) is 21.1. The Balaban J connectivity index is 2.64. The van der Waals surface area contributed by atoms with Crippen LogP contribution in [0.5, 0.6) is 0 Å². The molecule has 64 valence electrons. The van der Waals surface area contributed by atoms with Crippen molar-refractivity contribution >= 4 is 0 Å². The maximum Gasteiger partial charge on any atom is 0.129 e. The van der Waals surface area contributed by atoms with Gasteiger partial charge in [0.25, 0.3) is 0 Å². The smallest absolute Gasteiger partial charge is 0.129 e. The van der Waals surface area contributed by atoms with Gasteiger partial charge < -0.3 is 5.11 Å². The number of hydrogen-bond acceptors (Lipinski definition) is 1. The number of hydrogen-bond donors (Lipinski definition) is 1. The zero-order valence-electron chi connectivity index (χ0n) is 6.35. The molecule has 0 spiro atoms. The molecule has 0 heterocycles. The maximum atomic E-state index is 13.0. The topological polar surface area (TPSA) is 20.2 Å². The summed E-state index contributed by atoms with van der Waals surface area (Å²) in [4.78, 5) is 0. The van der Waals surface area contributed by atoms with Crippen LogP contribution in [0.3, 0.4) is 0 Å². The minimum absolute atomic E-state index is 0.148. The first-order valence-electron chi connectivity index (χ1n) is 3.85. The predicted octanol–water partition coefficient (Wildman–Crippen LogP) is 1.94. The van der Waals surface area contributed by atoms with Crippen LogP contribution in [0, 0.1) is 11.6 Å². The fourth-order valence-electron chi connectivity index (χ4n) is 1.65. The molecule has 1 aromatic carbocycles. The summed E-state index contributed by atoms with van der Waals surface area (Å²) in [5.41, 5.74) is 0.484. The molecule has 1 atom stereocenters. The van der Waals surface area contributed by atoms with Crippen molar-refractivity contribution < 1.29 is 13.9 Å². The van der Waals surface area contributed by atoms with Gasteiger partial charge in [0.2, 0.25) is 0 Å². The van der Waals surface area contributed by atoms with Gasteiger partial charge in [-0.2, -0.15) is 0 Å². The van der Waals surface area contributed by atoms with Crippen molar-refractivity contribution in [3.05, 3.63) is 34.9 Å². The van der Waals surface area contributed by atoms with Gasteiger partial charge in [0.1, 0.15) is 11.6 Å². The molecule has 0 radical (unpaired) electrons. The molecular weight excluding hydrogens is 162 g/mol. The van der Waals surface area contributed by atoms with Crippen LogP contribution in [0.2, 0.25) is 0 Å². The molecular formula is C9H8F2O. The monoisotopic (exact) mass is 170 g/mol. The highest BCUT2D eigenvalue weighted by molar-refractivity contribution is 5.35. The number of benzene rings is 1. The van der Waals surface area contributed by atoms with Crippen LogP contribution in [0.15, 0.2) is 12.1 Å². The molecule has 1 aliphatic rings. The lowest BCUT2D eigenvalue weighted by Gasteiger charge is -2.04. The first-order valence-corrected chi connectivity index (χ1v) is 3.85. The zero-order chi connectivity index (χ0) is 8.72. The van der Waals surface area contributed by atoms with Crippen molar-refractivity contribution in [2.75, 3.05) is 0 Å². The number of aliphatic hydroxyl groups is 1. The minimum Gasteiger partial charge on any atom is -0.388 e. The number of rotatable bonds is 0. The molecule has 2 rings (SSSR count). The van der Waals surface area contributed by atoms with Gasteiger partial charge in [0.15, 0.2) is 0 Å². The Bertz CT molecular complexity index is 323. The maximum absolute atomic E-state index is 13.0. The minimum atomic E-state index is -0.823. The quantitative estimate of drug-likeness (QED) is 0.630. The van der Waals surface area contributed by atoms with Gasteiger partial charge >= 0.3 is 0 Å². The number of halogens is 2. The van der Waals surface area contributed by atoms with E-state index in [2.05, 4.69) is 0 Å². The van der Waals surface area contributed by atoms with E-state index in [0.29, 0.717) is 18.4 Å². The number of fused-ring (bicyclic) bond motifs is 1. The third-order valence-electron chi connectivity index (χ3n) is 2.25. The van der Waals surface area contributed by atoms with Crippen molar-refractivity contribution in [3.8, 4) is 0 Å². The molecule has 1 N–H and O–H groups in total. The van der Waals surface area contributed by atoms with Gasteiger partial charge in [0.05, 0.1) is 6.10 Å². The van der Waals surface area contributed by atoms with E-state index < -0.39 is 17.7 Å². The standard InChI is InChI=1S/C9H8F2O/c10-6-2-3-7(11)9-5(6)1-4-8(9)12/h2-3,8,12H,1,4H2/t8-/m0/s1. The summed E-state index contributed by atoms with van der Waals surface area (Å²) in [7, 11) is 0.